The highest BCUT2D eigenvalue weighted by Crippen LogP contribution is 2.30. The van der Waals surface area contributed by atoms with Crippen LogP contribution in [0.2, 0.25) is 0 Å². The van der Waals surface area contributed by atoms with Crippen LogP contribution in [-0.4, -0.2) is 48.3 Å². The fraction of sp³-hybridized carbons (Fsp3) is 1.00. The number of likely N-dealkylation sites (N-methyl/N-ethyl adjacent to an activating group) is 1. The van der Waals surface area contributed by atoms with Gasteiger partial charge in [-0.2, -0.15) is 0 Å². The second kappa shape index (κ2) is 5.48. The molecule has 104 valence electrons. The Morgan fingerprint density at radius 2 is 1.83 bits per heavy atom. The molecule has 3 heterocycles. The monoisotopic (exact) mass is 252 g/mol. The summed E-state index contributed by atoms with van der Waals surface area (Å²) >= 11 is 0. The van der Waals surface area contributed by atoms with E-state index in [0.717, 1.165) is 24.7 Å². The smallest absolute Gasteiger partial charge is 0.0706 e. The first-order chi connectivity index (χ1) is 8.74. The lowest BCUT2D eigenvalue weighted by Gasteiger charge is -2.38. The van der Waals surface area contributed by atoms with E-state index in [9.17, 15) is 0 Å². The number of nitrogens with zero attached hydrogens (tertiary/aromatic N) is 1. The molecule has 0 aliphatic carbocycles. The van der Waals surface area contributed by atoms with E-state index in [2.05, 4.69) is 24.1 Å². The minimum absolute atomic E-state index is 0.484. The number of piperidine rings is 1. The lowest BCUT2D eigenvalue weighted by Crippen LogP contribution is -2.50. The lowest BCUT2D eigenvalue weighted by molar-refractivity contribution is 0.0163. The lowest BCUT2D eigenvalue weighted by atomic mass is 9.97. The highest BCUT2D eigenvalue weighted by atomic mass is 16.5. The van der Waals surface area contributed by atoms with Crippen LogP contribution in [-0.2, 0) is 4.74 Å². The summed E-state index contributed by atoms with van der Waals surface area (Å²) < 4.78 is 6.00. The van der Waals surface area contributed by atoms with Gasteiger partial charge in [-0.25, -0.2) is 0 Å². The molecule has 0 saturated carbocycles. The summed E-state index contributed by atoms with van der Waals surface area (Å²) in [7, 11) is 0. The van der Waals surface area contributed by atoms with Gasteiger partial charge in [-0.3, -0.25) is 4.90 Å². The molecule has 0 spiro atoms. The van der Waals surface area contributed by atoms with Crippen molar-refractivity contribution in [3.63, 3.8) is 0 Å². The zero-order chi connectivity index (χ0) is 12.5. The number of nitrogens with one attached hydrogen (secondary N) is 1. The zero-order valence-corrected chi connectivity index (χ0v) is 11.9. The first-order valence-electron chi connectivity index (χ1n) is 7.90. The van der Waals surface area contributed by atoms with E-state index < -0.39 is 0 Å². The van der Waals surface area contributed by atoms with Crippen LogP contribution in [0.25, 0.3) is 0 Å². The van der Waals surface area contributed by atoms with Crippen LogP contribution in [0.4, 0.5) is 0 Å². The van der Waals surface area contributed by atoms with Gasteiger partial charge < -0.3 is 10.1 Å². The van der Waals surface area contributed by atoms with Gasteiger partial charge in [0.2, 0.25) is 0 Å². The quantitative estimate of drug-likeness (QED) is 0.830. The van der Waals surface area contributed by atoms with Crippen molar-refractivity contribution in [1.29, 1.82) is 0 Å². The number of ether oxygens (including phenoxy) is 1. The largest absolute Gasteiger partial charge is 0.374 e. The van der Waals surface area contributed by atoms with Crippen LogP contribution >= 0.6 is 0 Å². The van der Waals surface area contributed by atoms with E-state index in [1.165, 1.54) is 45.1 Å². The van der Waals surface area contributed by atoms with Gasteiger partial charge in [-0.05, 0) is 52.0 Å². The predicted octanol–water partition coefficient (Wildman–Crippen LogP) is 2.16. The Bertz CT molecular complexity index is 272. The van der Waals surface area contributed by atoms with Gasteiger partial charge in [-0.1, -0.05) is 6.92 Å². The summed E-state index contributed by atoms with van der Waals surface area (Å²) in [6.07, 6.45) is 8.99. The molecule has 3 fully saturated rings. The Morgan fingerprint density at radius 1 is 1.11 bits per heavy atom. The van der Waals surface area contributed by atoms with E-state index in [-0.39, 0.29) is 0 Å². The van der Waals surface area contributed by atoms with E-state index in [4.69, 9.17) is 4.74 Å². The molecule has 3 heteroatoms. The van der Waals surface area contributed by atoms with Gasteiger partial charge in [0.05, 0.1) is 12.2 Å². The Kier molecular flexibility index (Phi) is 3.92. The maximum Gasteiger partial charge on any atom is 0.0706 e. The molecule has 2 bridgehead atoms. The molecule has 4 unspecified atom stereocenters. The van der Waals surface area contributed by atoms with Crippen molar-refractivity contribution in [3.8, 4) is 0 Å². The number of hydrogen-bond donors (Lipinski definition) is 1. The molecule has 3 saturated heterocycles. The summed E-state index contributed by atoms with van der Waals surface area (Å²) in [5.41, 5.74) is 0. The van der Waals surface area contributed by atoms with Crippen molar-refractivity contribution in [2.45, 2.75) is 82.7 Å². The summed E-state index contributed by atoms with van der Waals surface area (Å²) in [6, 6.07) is 2.39. The predicted molar refractivity (Wildman–Crippen MR) is 73.8 cm³/mol. The molecular weight excluding hydrogens is 224 g/mol. The summed E-state index contributed by atoms with van der Waals surface area (Å²) in [4.78, 5) is 2.69. The van der Waals surface area contributed by atoms with Gasteiger partial charge in [0.15, 0.2) is 0 Å². The van der Waals surface area contributed by atoms with Gasteiger partial charge in [-0.15, -0.1) is 0 Å². The van der Waals surface area contributed by atoms with Crippen molar-refractivity contribution in [1.82, 2.24) is 10.2 Å². The standard InChI is InChI=1S/C15H28N2O/c1-3-17(10-15-7-4-11(2)18-15)14-8-12-5-6-13(9-14)16-12/h11-16H,3-10H2,1-2H3. The molecule has 3 aliphatic heterocycles. The zero-order valence-electron chi connectivity index (χ0n) is 11.9. The number of rotatable bonds is 4. The van der Waals surface area contributed by atoms with Gasteiger partial charge >= 0.3 is 0 Å². The van der Waals surface area contributed by atoms with Crippen LogP contribution in [0.1, 0.15) is 52.4 Å². The minimum atomic E-state index is 0.484. The average molecular weight is 252 g/mol. The van der Waals surface area contributed by atoms with E-state index in [1.54, 1.807) is 0 Å². The highest BCUT2D eigenvalue weighted by Gasteiger charge is 2.36. The van der Waals surface area contributed by atoms with Crippen molar-refractivity contribution < 1.29 is 4.74 Å². The molecule has 3 nitrogen and oxygen atoms in total. The van der Waals surface area contributed by atoms with Crippen molar-refractivity contribution in [2.24, 2.45) is 0 Å². The molecule has 0 aromatic rings. The third kappa shape index (κ3) is 2.73. The number of hydrogen-bond acceptors (Lipinski definition) is 3. The van der Waals surface area contributed by atoms with Gasteiger partial charge in [0.1, 0.15) is 0 Å². The average Bonchev–Trinajstić information content (AvgIpc) is 2.92. The molecule has 0 aromatic heterocycles. The second-order valence-electron chi connectivity index (χ2n) is 6.50. The molecule has 3 rings (SSSR count). The Labute approximate surface area is 111 Å². The van der Waals surface area contributed by atoms with E-state index >= 15 is 0 Å². The Balaban J connectivity index is 1.55. The summed E-state index contributed by atoms with van der Waals surface area (Å²) in [6.45, 7) is 6.85. The van der Waals surface area contributed by atoms with Gasteiger partial charge in [0, 0.05) is 24.7 Å². The molecule has 0 radical (unpaired) electrons. The van der Waals surface area contributed by atoms with Crippen LogP contribution in [0.15, 0.2) is 0 Å². The molecule has 3 aliphatic rings. The summed E-state index contributed by atoms with van der Waals surface area (Å²) in [5.74, 6) is 0. The fourth-order valence-corrected chi connectivity index (χ4v) is 4.14. The second-order valence-corrected chi connectivity index (χ2v) is 6.50. The minimum Gasteiger partial charge on any atom is -0.374 e. The first kappa shape index (κ1) is 12.9. The first-order valence-corrected chi connectivity index (χ1v) is 7.90. The van der Waals surface area contributed by atoms with E-state index in [1.807, 2.05) is 0 Å². The normalized spacial score (nSPS) is 43.8. The third-order valence-electron chi connectivity index (χ3n) is 5.13. The number of fused-ring (bicyclic) bond motifs is 2. The summed E-state index contributed by atoms with van der Waals surface area (Å²) in [5, 5.41) is 3.74. The molecule has 18 heavy (non-hydrogen) atoms. The molecule has 4 atom stereocenters. The molecule has 1 N–H and O–H groups in total. The van der Waals surface area contributed by atoms with Crippen LogP contribution in [0.5, 0.6) is 0 Å². The fourth-order valence-electron chi connectivity index (χ4n) is 4.14. The molecular formula is C15H28N2O. The van der Waals surface area contributed by atoms with Crippen LogP contribution in [0, 0.1) is 0 Å². The highest BCUT2D eigenvalue weighted by molar-refractivity contribution is 4.96. The molecule has 0 aromatic carbocycles. The SMILES string of the molecule is CCN(CC1CCC(C)O1)C1CC2CCC(C1)N2. The topological polar surface area (TPSA) is 24.5 Å². The van der Waals surface area contributed by atoms with Crippen molar-refractivity contribution >= 4 is 0 Å². The maximum absolute atomic E-state index is 6.00. The van der Waals surface area contributed by atoms with Gasteiger partial charge in [0.25, 0.3) is 0 Å². The molecule has 0 amide bonds. The van der Waals surface area contributed by atoms with Crippen LogP contribution in [0.3, 0.4) is 0 Å². The maximum atomic E-state index is 6.00. The Morgan fingerprint density at radius 3 is 2.39 bits per heavy atom. The van der Waals surface area contributed by atoms with E-state index in [0.29, 0.717) is 12.2 Å². The third-order valence-corrected chi connectivity index (χ3v) is 5.13. The van der Waals surface area contributed by atoms with Crippen molar-refractivity contribution in [3.05, 3.63) is 0 Å². The Hall–Kier alpha value is -0.120. The van der Waals surface area contributed by atoms with Crippen LogP contribution < -0.4 is 5.32 Å². The van der Waals surface area contributed by atoms with Crippen molar-refractivity contribution in [2.75, 3.05) is 13.1 Å².